The minimum atomic E-state index is -0.655. The lowest BCUT2D eigenvalue weighted by molar-refractivity contribution is -0.124. The molecule has 13 heteroatoms. The molecule has 2 saturated carbocycles. The van der Waals surface area contributed by atoms with Crippen LogP contribution in [-0.4, -0.2) is 64.4 Å². The zero-order valence-electron chi connectivity index (χ0n) is 24.8. The Morgan fingerprint density at radius 2 is 2.09 bits per heavy atom. The number of aromatic hydroxyl groups is 1. The zero-order valence-corrected chi connectivity index (χ0v) is 26.4. The number of fused-ring (bicyclic) bond motifs is 2. The van der Waals surface area contributed by atoms with Gasteiger partial charge in [-0.2, -0.15) is 0 Å². The standard InChI is InChI=1S/C31H40N6O5S2/c1-41-22-13-20(12-21(38)15-22)25-14-19(4-2-8-35-28(39)23(32)5-3-9-36-30(33)34)26(42-25)16-27-29(40)37(31(43)44-27)24-11-17-6-7-18(24)10-17/h12-18,23-24,38H,2-11,32H2,1H3,(H,35,39)(H4,33,34,36)/b27-16-/t17?,18?,23-,24?/m0/s1. The van der Waals surface area contributed by atoms with Gasteiger partial charge >= 0.3 is 0 Å². The summed E-state index contributed by atoms with van der Waals surface area (Å²) in [4.78, 5) is 32.4. The van der Waals surface area contributed by atoms with Crippen LogP contribution in [0, 0.1) is 11.8 Å². The van der Waals surface area contributed by atoms with Crippen molar-refractivity contribution in [1.82, 2.24) is 10.2 Å². The molecule has 44 heavy (non-hydrogen) atoms. The number of amides is 2. The molecule has 11 nitrogen and oxygen atoms in total. The number of rotatable bonds is 13. The number of nitrogens with one attached hydrogen (secondary N) is 1. The molecule has 236 valence electrons. The third kappa shape index (κ3) is 7.39. The maximum absolute atomic E-state index is 13.6. The van der Waals surface area contributed by atoms with Crippen molar-refractivity contribution in [2.45, 2.75) is 63.5 Å². The van der Waals surface area contributed by atoms with E-state index >= 15 is 0 Å². The van der Waals surface area contributed by atoms with E-state index in [1.54, 1.807) is 18.2 Å². The minimum Gasteiger partial charge on any atom is -0.508 e. The topological polar surface area (TPSA) is 182 Å². The highest BCUT2D eigenvalue weighted by molar-refractivity contribution is 8.26. The van der Waals surface area contributed by atoms with Crippen molar-refractivity contribution in [3.63, 3.8) is 0 Å². The van der Waals surface area contributed by atoms with Crippen molar-refractivity contribution in [2.75, 3.05) is 20.2 Å². The molecule has 0 radical (unpaired) electrons. The molecule has 1 saturated heterocycles. The van der Waals surface area contributed by atoms with Gasteiger partial charge in [-0.05, 0) is 80.5 Å². The van der Waals surface area contributed by atoms with Gasteiger partial charge in [0.1, 0.15) is 27.3 Å². The first-order chi connectivity index (χ1) is 21.1. The van der Waals surface area contributed by atoms with Gasteiger partial charge < -0.3 is 36.8 Å². The number of benzene rings is 1. The molecule has 0 spiro atoms. The third-order valence-corrected chi connectivity index (χ3v) is 9.93. The number of carbonyl (C=O) groups excluding carboxylic acids is 2. The Kier molecular flexibility index (Phi) is 10.2. The van der Waals surface area contributed by atoms with E-state index in [0.717, 1.165) is 18.4 Å². The predicted octanol–water partition coefficient (Wildman–Crippen LogP) is 3.48. The zero-order chi connectivity index (χ0) is 31.4. The number of phenols is 1. The molecule has 1 aromatic heterocycles. The molecule has 4 atom stereocenters. The van der Waals surface area contributed by atoms with Crippen molar-refractivity contribution in [3.8, 4) is 22.8 Å². The van der Waals surface area contributed by atoms with Crippen LogP contribution in [0.1, 0.15) is 56.3 Å². The van der Waals surface area contributed by atoms with E-state index in [9.17, 15) is 14.7 Å². The Morgan fingerprint density at radius 1 is 1.27 bits per heavy atom. The van der Waals surface area contributed by atoms with E-state index in [0.29, 0.717) is 82.7 Å². The van der Waals surface area contributed by atoms with E-state index in [2.05, 4.69) is 10.3 Å². The first-order valence-corrected chi connectivity index (χ1v) is 16.2. The van der Waals surface area contributed by atoms with Gasteiger partial charge in [0, 0.05) is 36.8 Å². The van der Waals surface area contributed by atoms with E-state index < -0.39 is 6.04 Å². The first-order valence-electron chi connectivity index (χ1n) is 15.0. The average Bonchev–Trinajstić information content (AvgIpc) is 3.77. The smallest absolute Gasteiger partial charge is 0.266 e. The second kappa shape index (κ2) is 14.0. The molecular weight excluding hydrogens is 601 g/mol. The predicted molar refractivity (Wildman–Crippen MR) is 176 cm³/mol. The summed E-state index contributed by atoms with van der Waals surface area (Å²) < 4.78 is 12.2. The summed E-state index contributed by atoms with van der Waals surface area (Å²) in [6.07, 6.45) is 8.62. The van der Waals surface area contributed by atoms with Crippen LogP contribution in [0.4, 0.5) is 0 Å². The quantitative estimate of drug-likeness (QED) is 0.0715. The van der Waals surface area contributed by atoms with Crippen LogP contribution in [0.5, 0.6) is 11.5 Å². The number of methoxy groups -OCH3 is 1. The normalized spacial score (nSPS) is 22.5. The highest BCUT2D eigenvalue weighted by atomic mass is 32.2. The number of nitrogens with zero attached hydrogens (tertiary/aromatic N) is 2. The van der Waals surface area contributed by atoms with Gasteiger partial charge in [0.25, 0.3) is 5.91 Å². The van der Waals surface area contributed by atoms with Crippen LogP contribution in [0.25, 0.3) is 17.4 Å². The third-order valence-electron chi connectivity index (χ3n) is 8.60. The molecule has 1 aromatic carbocycles. The van der Waals surface area contributed by atoms with Crippen molar-refractivity contribution in [3.05, 3.63) is 40.5 Å². The lowest BCUT2D eigenvalue weighted by Crippen LogP contribution is -2.41. The van der Waals surface area contributed by atoms with Crippen LogP contribution in [0.3, 0.4) is 0 Å². The molecule has 2 heterocycles. The molecule has 1 aliphatic heterocycles. The van der Waals surface area contributed by atoms with Crippen molar-refractivity contribution in [2.24, 2.45) is 34.0 Å². The molecule has 2 aliphatic carbocycles. The Labute approximate surface area is 266 Å². The van der Waals surface area contributed by atoms with Gasteiger partial charge in [0.05, 0.1) is 18.1 Å². The fourth-order valence-corrected chi connectivity index (χ4v) is 7.77. The minimum absolute atomic E-state index is 0.0141. The number of furan rings is 1. The summed E-state index contributed by atoms with van der Waals surface area (Å²) in [5, 5.41) is 13.1. The van der Waals surface area contributed by atoms with Gasteiger partial charge in [-0.3, -0.25) is 19.5 Å². The molecule has 3 unspecified atom stereocenters. The van der Waals surface area contributed by atoms with E-state index in [1.165, 1.54) is 37.8 Å². The molecule has 8 N–H and O–H groups in total. The summed E-state index contributed by atoms with van der Waals surface area (Å²) in [6.45, 7) is 0.827. The molecule has 2 amide bonds. The number of nitrogens with two attached hydrogens (primary N) is 3. The molecule has 2 bridgehead atoms. The summed E-state index contributed by atoms with van der Waals surface area (Å²) in [5.41, 5.74) is 18.2. The number of guanidine groups is 1. The molecule has 3 fully saturated rings. The molecule has 5 rings (SSSR count). The van der Waals surface area contributed by atoms with E-state index in [1.807, 2.05) is 11.0 Å². The van der Waals surface area contributed by atoms with Gasteiger partial charge in [-0.1, -0.05) is 30.4 Å². The van der Waals surface area contributed by atoms with Crippen LogP contribution < -0.4 is 27.3 Å². The Hall–Kier alpha value is -3.55. The van der Waals surface area contributed by atoms with Crippen molar-refractivity contribution in [1.29, 1.82) is 0 Å². The number of aliphatic imine (C=N–C) groups is 1. The summed E-state index contributed by atoms with van der Waals surface area (Å²) in [6, 6.07) is 6.31. The monoisotopic (exact) mass is 640 g/mol. The number of aryl methyl sites for hydroxylation is 1. The second-order valence-corrected chi connectivity index (χ2v) is 13.3. The van der Waals surface area contributed by atoms with Gasteiger partial charge in [0.2, 0.25) is 5.91 Å². The number of thiocarbonyl (C=S) groups is 1. The van der Waals surface area contributed by atoms with Gasteiger partial charge in [-0.15, -0.1) is 0 Å². The molecule has 3 aliphatic rings. The van der Waals surface area contributed by atoms with Crippen molar-refractivity contribution < 1.29 is 23.8 Å². The SMILES string of the molecule is COc1cc(O)cc(-c2cc(CCCNC(=O)[C@@H](N)CCCN=C(N)N)c(/C=C3\SC(=S)N(C4CC5CCC4C5)C3=O)o2)c1. The van der Waals surface area contributed by atoms with E-state index in [-0.39, 0.29) is 29.6 Å². The lowest BCUT2D eigenvalue weighted by Gasteiger charge is -2.30. The first kappa shape index (κ1) is 31.9. The summed E-state index contributed by atoms with van der Waals surface area (Å²) in [7, 11) is 1.53. The van der Waals surface area contributed by atoms with Crippen molar-refractivity contribution >= 4 is 52.2 Å². The maximum Gasteiger partial charge on any atom is 0.266 e. The highest BCUT2D eigenvalue weighted by Crippen LogP contribution is 2.49. The average molecular weight is 641 g/mol. The molecular formula is C31H40N6O5S2. The number of thioether (sulfide) groups is 1. The van der Waals surface area contributed by atoms with E-state index in [4.69, 9.17) is 38.6 Å². The molecule has 2 aromatic rings. The van der Waals surface area contributed by atoms with Crippen LogP contribution >= 0.6 is 24.0 Å². The van der Waals surface area contributed by atoms with Crippen LogP contribution in [0.2, 0.25) is 0 Å². The van der Waals surface area contributed by atoms with Crippen LogP contribution in [-0.2, 0) is 16.0 Å². The second-order valence-electron chi connectivity index (χ2n) is 11.7. The Balaban J connectivity index is 1.29. The summed E-state index contributed by atoms with van der Waals surface area (Å²) >= 11 is 7.00. The fourth-order valence-electron chi connectivity index (χ4n) is 6.43. The number of ether oxygens (including phenoxy) is 1. The lowest BCUT2D eigenvalue weighted by atomic mass is 9.94. The number of hydrogen-bond acceptors (Lipinski definition) is 9. The maximum atomic E-state index is 13.6. The largest absolute Gasteiger partial charge is 0.508 e. The number of phenolic OH excluding ortho intramolecular Hbond substituents is 1. The number of carbonyl (C=O) groups is 2. The Morgan fingerprint density at radius 3 is 2.80 bits per heavy atom. The number of hydrogen-bond donors (Lipinski definition) is 5. The van der Waals surface area contributed by atoms with Crippen LogP contribution in [0.15, 0.2) is 38.6 Å². The van der Waals surface area contributed by atoms with Gasteiger partial charge in [-0.25, -0.2) is 0 Å². The summed E-state index contributed by atoms with van der Waals surface area (Å²) in [5.74, 6) is 2.52. The highest BCUT2D eigenvalue weighted by Gasteiger charge is 2.48. The van der Waals surface area contributed by atoms with Gasteiger partial charge in [0.15, 0.2) is 5.96 Å². The Bertz CT molecular complexity index is 1470. The fraction of sp³-hybridized carbons (Fsp3) is 0.484.